The third kappa shape index (κ3) is 3.55. The molecule has 1 heterocycles. The van der Waals surface area contributed by atoms with E-state index in [0.717, 1.165) is 5.56 Å². The molecule has 0 aliphatic carbocycles. The van der Waals surface area contributed by atoms with Crippen LogP contribution in [0.25, 0.3) is 0 Å². The van der Waals surface area contributed by atoms with Gasteiger partial charge in [0.1, 0.15) is 11.3 Å². The number of carbonyl (C=O) groups is 3. The summed E-state index contributed by atoms with van der Waals surface area (Å²) in [5.74, 6) is -0.0769. The summed E-state index contributed by atoms with van der Waals surface area (Å²) in [5.41, 5.74) is 1.49. The van der Waals surface area contributed by atoms with Crippen molar-refractivity contribution in [1.29, 1.82) is 0 Å². The third-order valence-corrected chi connectivity index (χ3v) is 5.28. The summed E-state index contributed by atoms with van der Waals surface area (Å²) in [6.45, 7) is 3.81. The summed E-state index contributed by atoms with van der Waals surface area (Å²) in [5, 5.41) is 2.87. The average Bonchev–Trinajstić information content (AvgIpc) is 2.98. The van der Waals surface area contributed by atoms with Gasteiger partial charge in [-0.1, -0.05) is 25.1 Å². The molecule has 7 nitrogen and oxygen atoms in total. The number of esters is 1. The molecule has 3 rings (SSSR count). The van der Waals surface area contributed by atoms with E-state index in [1.165, 1.54) is 12.0 Å². The molecule has 0 saturated carbocycles. The lowest BCUT2D eigenvalue weighted by molar-refractivity contribution is -0.132. The first-order valence-electron chi connectivity index (χ1n) is 9.32. The normalized spacial score (nSPS) is 18.6. The van der Waals surface area contributed by atoms with Gasteiger partial charge in [-0.15, -0.1) is 0 Å². The van der Waals surface area contributed by atoms with E-state index in [1.807, 2.05) is 19.9 Å². The Labute approximate surface area is 169 Å². The van der Waals surface area contributed by atoms with Crippen LogP contribution in [0.15, 0.2) is 42.5 Å². The molecule has 29 heavy (non-hydrogen) atoms. The summed E-state index contributed by atoms with van der Waals surface area (Å²) < 4.78 is 10.0. The SMILES string of the molecule is CCC1(c2ccc(OC)c(C)c2)NC(=O)N(Cc2cccc(C(=O)OC)c2)C1=O. The smallest absolute Gasteiger partial charge is 0.337 e. The molecule has 0 spiro atoms. The van der Waals surface area contributed by atoms with Gasteiger partial charge < -0.3 is 14.8 Å². The number of nitrogens with zero attached hydrogens (tertiary/aromatic N) is 1. The molecular weight excluding hydrogens is 372 g/mol. The van der Waals surface area contributed by atoms with Crippen molar-refractivity contribution in [2.75, 3.05) is 14.2 Å². The van der Waals surface area contributed by atoms with E-state index in [4.69, 9.17) is 9.47 Å². The number of aryl methyl sites for hydroxylation is 1. The Morgan fingerprint density at radius 2 is 1.90 bits per heavy atom. The second-order valence-electron chi connectivity index (χ2n) is 6.96. The Morgan fingerprint density at radius 1 is 1.14 bits per heavy atom. The highest BCUT2D eigenvalue weighted by atomic mass is 16.5. The number of carbonyl (C=O) groups excluding carboxylic acids is 3. The molecule has 1 fully saturated rings. The van der Waals surface area contributed by atoms with E-state index < -0.39 is 17.5 Å². The lowest BCUT2D eigenvalue weighted by atomic mass is 9.86. The first kappa shape index (κ1) is 20.4. The van der Waals surface area contributed by atoms with E-state index in [1.54, 1.807) is 43.5 Å². The van der Waals surface area contributed by atoms with Crippen LogP contribution in [-0.4, -0.2) is 37.0 Å². The number of methoxy groups -OCH3 is 2. The number of amides is 3. The van der Waals surface area contributed by atoms with Crippen molar-refractivity contribution in [2.24, 2.45) is 0 Å². The van der Waals surface area contributed by atoms with Gasteiger partial charge in [0, 0.05) is 0 Å². The number of imide groups is 1. The maximum Gasteiger partial charge on any atom is 0.337 e. The van der Waals surface area contributed by atoms with Crippen molar-refractivity contribution in [3.63, 3.8) is 0 Å². The standard InChI is InChI=1S/C22H24N2O5/c1-5-22(17-9-10-18(28-3)14(2)11-17)20(26)24(21(27)23-22)13-15-7-6-8-16(12-15)19(25)29-4/h6-12H,5,13H2,1-4H3,(H,23,27). The highest BCUT2D eigenvalue weighted by Gasteiger charge is 2.51. The van der Waals surface area contributed by atoms with Crippen molar-refractivity contribution >= 4 is 17.9 Å². The van der Waals surface area contributed by atoms with Gasteiger partial charge in [0.05, 0.1) is 26.3 Å². The molecular formula is C22H24N2O5. The molecule has 1 saturated heterocycles. The van der Waals surface area contributed by atoms with Crippen LogP contribution in [0.1, 0.15) is 40.4 Å². The molecule has 7 heteroatoms. The molecule has 3 amide bonds. The first-order chi connectivity index (χ1) is 13.9. The predicted molar refractivity (Wildman–Crippen MR) is 107 cm³/mol. The number of hydrogen-bond acceptors (Lipinski definition) is 5. The van der Waals surface area contributed by atoms with Crippen LogP contribution in [-0.2, 0) is 21.6 Å². The van der Waals surface area contributed by atoms with Crippen LogP contribution in [0.4, 0.5) is 4.79 Å². The zero-order chi connectivity index (χ0) is 21.2. The molecule has 1 N–H and O–H groups in total. The van der Waals surface area contributed by atoms with Gasteiger partial charge in [-0.25, -0.2) is 9.59 Å². The van der Waals surface area contributed by atoms with E-state index in [-0.39, 0.29) is 12.5 Å². The predicted octanol–water partition coefficient (Wildman–Crippen LogP) is 3.15. The second-order valence-corrected chi connectivity index (χ2v) is 6.96. The topological polar surface area (TPSA) is 84.9 Å². The molecule has 2 aromatic carbocycles. The van der Waals surface area contributed by atoms with Gasteiger partial charge in [0.15, 0.2) is 0 Å². The van der Waals surface area contributed by atoms with E-state index >= 15 is 0 Å². The molecule has 1 aliphatic rings. The molecule has 0 radical (unpaired) electrons. The fraction of sp³-hybridized carbons (Fsp3) is 0.318. The summed E-state index contributed by atoms with van der Waals surface area (Å²) in [7, 11) is 2.89. The Hall–Kier alpha value is -3.35. The summed E-state index contributed by atoms with van der Waals surface area (Å²) in [4.78, 5) is 39.0. The van der Waals surface area contributed by atoms with Crippen LogP contribution >= 0.6 is 0 Å². The molecule has 0 aromatic heterocycles. The lowest BCUT2D eigenvalue weighted by Crippen LogP contribution is -2.43. The zero-order valence-corrected chi connectivity index (χ0v) is 16.9. The van der Waals surface area contributed by atoms with E-state index in [2.05, 4.69) is 5.32 Å². The fourth-order valence-electron chi connectivity index (χ4n) is 3.65. The average molecular weight is 396 g/mol. The van der Waals surface area contributed by atoms with Crippen LogP contribution in [0.2, 0.25) is 0 Å². The van der Waals surface area contributed by atoms with Crippen LogP contribution < -0.4 is 10.1 Å². The zero-order valence-electron chi connectivity index (χ0n) is 16.9. The van der Waals surface area contributed by atoms with E-state index in [0.29, 0.717) is 28.9 Å². The highest BCUT2D eigenvalue weighted by Crippen LogP contribution is 2.35. The Bertz CT molecular complexity index is 971. The largest absolute Gasteiger partial charge is 0.496 e. The quantitative estimate of drug-likeness (QED) is 0.599. The van der Waals surface area contributed by atoms with Crippen molar-refractivity contribution in [3.05, 3.63) is 64.7 Å². The lowest BCUT2D eigenvalue weighted by Gasteiger charge is -2.26. The maximum atomic E-state index is 13.3. The first-order valence-corrected chi connectivity index (χ1v) is 9.32. The van der Waals surface area contributed by atoms with E-state index in [9.17, 15) is 14.4 Å². The highest BCUT2D eigenvalue weighted by molar-refractivity contribution is 6.07. The minimum atomic E-state index is -1.13. The molecule has 152 valence electrons. The monoisotopic (exact) mass is 396 g/mol. The van der Waals surface area contributed by atoms with Crippen LogP contribution in [0.5, 0.6) is 5.75 Å². The third-order valence-electron chi connectivity index (χ3n) is 5.28. The minimum absolute atomic E-state index is 0.0619. The van der Waals surface area contributed by atoms with Crippen molar-refractivity contribution < 1.29 is 23.9 Å². The fourth-order valence-corrected chi connectivity index (χ4v) is 3.65. The maximum absolute atomic E-state index is 13.3. The summed E-state index contributed by atoms with van der Waals surface area (Å²) >= 11 is 0. The summed E-state index contributed by atoms with van der Waals surface area (Å²) in [6, 6.07) is 11.7. The van der Waals surface area contributed by atoms with Gasteiger partial charge in [0.2, 0.25) is 0 Å². The number of rotatable bonds is 6. The minimum Gasteiger partial charge on any atom is -0.496 e. The number of nitrogens with one attached hydrogen (secondary N) is 1. The van der Waals surface area contributed by atoms with Crippen LogP contribution in [0, 0.1) is 6.92 Å². The van der Waals surface area contributed by atoms with Gasteiger partial charge in [-0.05, 0) is 54.3 Å². The van der Waals surface area contributed by atoms with Gasteiger partial charge in [-0.3, -0.25) is 9.69 Å². The van der Waals surface area contributed by atoms with Crippen LogP contribution in [0.3, 0.4) is 0 Å². The number of urea groups is 1. The molecule has 1 aliphatic heterocycles. The van der Waals surface area contributed by atoms with Crippen molar-refractivity contribution in [1.82, 2.24) is 10.2 Å². The Kier molecular flexibility index (Phi) is 5.59. The number of hydrogen-bond donors (Lipinski definition) is 1. The number of benzene rings is 2. The Morgan fingerprint density at radius 3 is 2.52 bits per heavy atom. The molecule has 0 bridgehead atoms. The molecule has 2 aromatic rings. The summed E-state index contributed by atoms with van der Waals surface area (Å²) in [6.07, 6.45) is 0.405. The van der Waals surface area contributed by atoms with Crippen molar-refractivity contribution in [2.45, 2.75) is 32.4 Å². The van der Waals surface area contributed by atoms with Gasteiger partial charge in [0.25, 0.3) is 5.91 Å². The molecule has 1 atom stereocenters. The van der Waals surface area contributed by atoms with Crippen molar-refractivity contribution in [3.8, 4) is 5.75 Å². The Balaban J connectivity index is 1.92. The van der Waals surface area contributed by atoms with Gasteiger partial charge >= 0.3 is 12.0 Å². The molecule has 1 unspecified atom stereocenters. The van der Waals surface area contributed by atoms with Gasteiger partial charge in [-0.2, -0.15) is 0 Å². The second kappa shape index (κ2) is 7.95. The number of ether oxygens (including phenoxy) is 2.